The highest BCUT2D eigenvalue weighted by Gasteiger charge is 2.22. The number of aliphatic carboxylic acids is 1. The molecule has 1 fully saturated rings. The number of hydrogen-bond donors (Lipinski definition) is 1. The molecule has 7 heteroatoms. The van der Waals surface area contributed by atoms with Crippen LogP contribution in [-0.2, 0) is 16.0 Å². The molecular formula is C21H25N3O4. The van der Waals surface area contributed by atoms with E-state index in [-0.39, 0.29) is 19.1 Å². The second kappa shape index (κ2) is 8.14. The van der Waals surface area contributed by atoms with Crippen LogP contribution in [0.25, 0.3) is 22.1 Å². The molecule has 0 radical (unpaired) electrons. The van der Waals surface area contributed by atoms with Crippen LogP contribution in [0, 0.1) is 0 Å². The Hall–Kier alpha value is -2.67. The third-order valence-corrected chi connectivity index (χ3v) is 5.15. The molecule has 7 nitrogen and oxygen atoms in total. The van der Waals surface area contributed by atoms with Crippen molar-refractivity contribution in [2.24, 2.45) is 0 Å². The standard InChI is InChI=1S/C21H25N3O4/c1-14(27-13-10-18(25)26)8-9-17-22-19-15-6-2-3-7-16(15)28-20(19)21(23-17)24-11-4-5-12-24/h2-3,6-7,14H,4-5,8-13H2,1H3,(H,25,26). The van der Waals surface area contributed by atoms with E-state index in [9.17, 15) is 4.79 Å². The van der Waals surface area contributed by atoms with Crippen LogP contribution in [0.3, 0.4) is 0 Å². The first kappa shape index (κ1) is 18.7. The molecule has 1 N–H and O–H groups in total. The molecule has 1 aromatic carbocycles. The Morgan fingerprint density at radius 2 is 2.07 bits per heavy atom. The lowest BCUT2D eigenvalue weighted by Gasteiger charge is -2.17. The number of aryl methyl sites for hydroxylation is 1. The summed E-state index contributed by atoms with van der Waals surface area (Å²) in [4.78, 5) is 22.5. The van der Waals surface area contributed by atoms with Gasteiger partial charge in [-0.1, -0.05) is 12.1 Å². The fourth-order valence-corrected chi connectivity index (χ4v) is 3.64. The van der Waals surface area contributed by atoms with Gasteiger partial charge in [0.25, 0.3) is 0 Å². The predicted molar refractivity (Wildman–Crippen MR) is 107 cm³/mol. The number of carboxylic acids is 1. The van der Waals surface area contributed by atoms with Crippen LogP contribution >= 0.6 is 0 Å². The van der Waals surface area contributed by atoms with Crippen molar-refractivity contribution in [2.75, 3.05) is 24.6 Å². The van der Waals surface area contributed by atoms with E-state index < -0.39 is 5.97 Å². The fourth-order valence-electron chi connectivity index (χ4n) is 3.64. The first-order valence-corrected chi connectivity index (χ1v) is 9.88. The van der Waals surface area contributed by atoms with Gasteiger partial charge < -0.3 is 19.2 Å². The average Bonchev–Trinajstić information content (AvgIpc) is 3.33. The topological polar surface area (TPSA) is 88.7 Å². The molecule has 0 bridgehead atoms. The third kappa shape index (κ3) is 3.94. The van der Waals surface area contributed by atoms with E-state index in [1.807, 2.05) is 31.2 Å². The first-order chi connectivity index (χ1) is 13.6. The van der Waals surface area contributed by atoms with Crippen molar-refractivity contribution >= 4 is 33.9 Å². The summed E-state index contributed by atoms with van der Waals surface area (Å²) >= 11 is 0. The minimum Gasteiger partial charge on any atom is -0.481 e. The Morgan fingerprint density at radius 3 is 2.86 bits per heavy atom. The molecular weight excluding hydrogens is 358 g/mol. The maximum Gasteiger partial charge on any atom is 0.305 e. The molecule has 0 aliphatic carbocycles. The number of carbonyl (C=O) groups is 1. The van der Waals surface area contributed by atoms with Gasteiger partial charge in [0, 0.05) is 24.9 Å². The highest BCUT2D eigenvalue weighted by Crippen LogP contribution is 2.34. The summed E-state index contributed by atoms with van der Waals surface area (Å²) in [6, 6.07) is 7.95. The Kier molecular flexibility index (Phi) is 5.43. The number of fused-ring (bicyclic) bond motifs is 3. The molecule has 1 aliphatic rings. The van der Waals surface area contributed by atoms with Crippen molar-refractivity contribution < 1.29 is 19.1 Å². The number of para-hydroxylation sites is 1. The minimum absolute atomic E-state index is 0.0208. The Morgan fingerprint density at radius 1 is 1.29 bits per heavy atom. The average molecular weight is 383 g/mol. The number of nitrogens with zero attached hydrogens (tertiary/aromatic N) is 3. The number of anilines is 1. The van der Waals surface area contributed by atoms with E-state index in [0.717, 1.165) is 66.1 Å². The summed E-state index contributed by atoms with van der Waals surface area (Å²) in [7, 11) is 0. The SMILES string of the molecule is CC(CCc1nc(N2CCCC2)c2oc3ccccc3c2n1)OCCC(=O)O. The Bertz CT molecular complexity index is 978. The maximum atomic E-state index is 10.6. The number of furan rings is 1. The molecule has 3 heterocycles. The summed E-state index contributed by atoms with van der Waals surface area (Å²) in [6.07, 6.45) is 3.71. The number of rotatable bonds is 8. The largest absolute Gasteiger partial charge is 0.481 e. The number of aromatic nitrogens is 2. The molecule has 1 aliphatic heterocycles. The van der Waals surface area contributed by atoms with Crippen LogP contribution in [0.5, 0.6) is 0 Å². The molecule has 1 saturated heterocycles. The Balaban J connectivity index is 1.59. The summed E-state index contributed by atoms with van der Waals surface area (Å²) in [6.45, 7) is 4.14. The number of ether oxygens (including phenoxy) is 1. The van der Waals surface area contributed by atoms with Crippen LogP contribution in [0.1, 0.15) is 38.4 Å². The molecule has 28 heavy (non-hydrogen) atoms. The minimum atomic E-state index is -0.844. The van der Waals surface area contributed by atoms with Gasteiger partial charge in [-0.05, 0) is 38.3 Å². The van der Waals surface area contributed by atoms with Gasteiger partial charge in [-0.3, -0.25) is 4.79 Å². The quantitative estimate of drug-likeness (QED) is 0.633. The van der Waals surface area contributed by atoms with Crippen LogP contribution in [0.2, 0.25) is 0 Å². The number of benzene rings is 1. The van der Waals surface area contributed by atoms with E-state index in [0.29, 0.717) is 6.42 Å². The van der Waals surface area contributed by atoms with Gasteiger partial charge in [0.05, 0.1) is 19.1 Å². The second-order valence-corrected chi connectivity index (χ2v) is 7.30. The zero-order chi connectivity index (χ0) is 19.5. The highest BCUT2D eigenvalue weighted by molar-refractivity contribution is 6.05. The normalized spacial score (nSPS) is 15.5. The van der Waals surface area contributed by atoms with Crippen LogP contribution < -0.4 is 4.90 Å². The van der Waals surface area contributed by atoms with E-state index in [1.54, 1.807) is 0 Å². The van der Waals surface area contributed by atoms with Crippen molar-refractivity contribution in [2.45, 2.75) is 45.1 Å². The maximum absolute atomic E-state index is 10.6. The van der Waals surface area contributed by atoms with Crippen molar-refractivity contribution in [1.29, 1.82) is 0 Å². The van der Waals surface area contributed by atoms with Crippen LogP contribution in [0.4, 0.5) is 5.82 Å². The molecule has 3 aromatic rings. The van der Waals surface area contributed by atoms with Gasteiger partial charge in [-0.2, -0.15) is 0 Å². The lowest BCUT2D eigenvalue weighted by Crippen LogP contribution is -2.20. The Labute approximate surface area is 163 Å². The summed E-state index contributed by atoms with van der Waals surface area (Å²) in [5.74, 6) is 0.811. The van der Waals surface area contributed by atoms with Crippen LogP contribution in [-0.4, -0.2) is 46.8 Å². The van der Waals surface area contributed by atoms with Gasteiger partial charge >= 0.3 is 5.97 Å². The van der Waals surface area contributed by atoms with Crippen molar-refractivity contribution in [3.63, 3.8) is 0 Å². The highest BCUT2D eigenvalue weighted by atomic mass is 16.5. The smallest absolute Gasteiger partial charge is 0.305 e. The zero-order valence-electron chi connectivity index (χ0n) is 16.1. The molecule has 1 unspecified atom stereocenters. The number of hydrogen-bond acceptors (Lipinski definition) is 6. The van der Waals surface area contributed by atoms with Gasteiger partial charge in [0.2, 0.25) is 0 Å². The summed E-state index contributed by atoms with van der Waals surface area (Å²) in [5, 5.41) is 9.73. The van der Waals surface area contributed by atoms with Gasteiger partial charge in [0.15, 0.2) is 11.4 Å². The van der Waals surface area contributed by atoms with Gasteiger partial charge in [-0.15, -0.1) is 0 Å². The lowest BCUT2D eigenvalue weighted by molar-refractivity contribution is -0.138. The van der Waals surface area contributed by atoms with Crippen molar-refractivity contribution in [3.8, 4) is 0 Å². The van der Waals surface area contributed by atoms with E-state index in [2.05, 4.69) is 4.90 Å². The molecule has 4 rings (SSSR count). The zero-order valence-corrected chi connectivity index (χ0v) is 16.1. The summed E-state index contributed by atoms with van der Waals surface area (Å²) < 4.78 is 11.7. The predicted octanol–water partition coefficient (Wildman–Crippen LogP) is 3.79. The molecule has 2 aromatic heterocycles. The second-order valence-electron chi connectivity index (χ2n) is 7.30. The van der Waals surface area contributed by atoms with Gasteiger partial charge in [0.1, 0.15) is 16.9 Å². The number of carboxylic acid groups (broad SMARTS) is 1. The molecule has 148 valence electrons. The van der Waals surface area contributed by atoms with Gasteiger partial charge in [-0.25, -0.2) is 9.97 Å². The van der Waals surface area contributed by atoms with E-state index in [4.69, 9.17) is 24.2 Å². The van der Waals surface area contributed by atoms with Crippen molar-refractivity contribution in [3.05, 3.63) is 30.1 Å². The summed E-state index contributed by atoms with van der Waals surface area (Å²) in [5.41, 5.74) is 2.45. The molecule has 1 atom stereocenters. The van der Waals surface area contributed by atoms with Crippen molar-refractivity contribution in [1.82, 2.24) is 9.97 Å². The van der Waals surface area contributed by atoms with Crippen LogP contribution in [0.15, 0.2) is 28.7 Å². The van der Waals surface area contributed by atoms with E-state index in [1.165, 1.54) is 0 Å². The molecule has 0 saturated carbocycles. The molecule has 0 spiro atoms. The lowest BCUT2D eigenvalue weighted by atomic mass is 10.2. The first-order valence-electron chi connectivity index (χ1n) is 9.88. The monoisotopic (exact) mass is 383 g/mol. The molecule has 0 amide bonds. The fraction of sp³-hybridized carbons (Fsp3) is 0.476. The third-order valence-electron chi connectivity index (χ3n) is 5.15. The van der Waals surface area contributed by atoms with E-state index >= 15 is 0 Å².